The van der Waals surface area contributed by atoms with Crippen LogP contribution in [0.2, 0.25) is 0 Å². The molecule has 0 heterocycles. The number of rotatable bonds is 4. The molecule has 0 bridgehead atoms. The van der Waals surface area contributed by atoms with Crippen molar-refractivity contribution in [2.45, 2.75) is 26.2 Å². The zero-order valence-electron chi connectivity index (χ0n) is 10.4. The minimum Gasteiger partial charge on any atom is -0.386 e. The van der Waals surface area contributed by atoms with E-state index in [2.05, 4.69) is 38.1 Å². The first-order chi connectivity index (χ1) is 7.89. The molecule has 0 saturated carbocycles. The number of hydrogen-bond acceptors (Lipinski definition) is 3. The summed E-state index contributed by atoms with van der Waals surface area (Å²) in [6, 6.07) is 8.01. The number of carbonyl (C=O) groups is 1. The summed E-state index contributed by atoms with van der Waals surface area (Å²) < 4.78 is 0. The minimum atomic E-state index is -0.537. The minimum absolute atomic E-state index is 0.137. The smallest absolute Gasteiger partial charge is 0.258 e. The second-order valence-corrected chi connectivity index (χ2v) is 4.85. The molecule has 0 unspecified atom stereocenters. The Labute approximate surface area is 101 Å². The molecule has 0 aliphatic carbocycles. The van der Waals surface area contributed by atoms with Gasteiger partial charge in [-0.3, -0.25) is 4.79 Å². The van der Waals surface area contributed by atoms with E-state index in [9.17, 15) is 4.79 Å². The Hall–Kier alpha value is -1.84. The molecule has 2 N–H and O–H groups in total. The van der Waals surface area contributed by atoms with Crippen molar-refractivity contribution in [1.82, 2.24) is 0 Å². The van der Waals surface area contributed by atoms with E-state index < -0.39 is 5.91 Å². The second-order valence-electron chi connectivity index (χ2n) is 4.85. The number of hydrogen-bond donors (Lipinski definition) is 1. The Morgan fingerprint density at radius 2 is 1.94 bits per heavy atom. The molecule has 17 heavy (non-hydrogen) atoms. The molecule has 1 rings (SSSR count). The van der Waals surface area contributed by atoms with Crippen LogP contribution in [-0.2, 0) is 15.0 Å². The van der Waals surface area contributed by atoms with Crippen molar-refractivity contribution in [2.24, 2.45) is 10.9 Å². The Morgan fingerprint density at radius 1 is 1.35 bits per heavy atom. The monoisotopic (exact) mass is 234 g/mol. The van der Waals surface area contributed by atoms with Gasteiger partial charge in [0.1, 0.15) is 0 Å². The molecule has 0 fully saturated rings. The van der Waals surface area contributed by atoms with E-state index in [0.29, 0.717) is 0 Å². The molecule has 0 atom stereocenters. The van der Waals surface area contributed by atoms with E-state index in [1.165, 1.54) is 5.56 Å². The Bertz CT molecular complexity index is 402. The van der Waals surface area contributed by atoms with Crippen LogP contribution in [0.1, 0.15) is 31.9 Å². The van der Waals surface area contributed by atoms with Crippen LogP contribution in [0.15, 0.2) is 29.4 Å². The summed E-state index contributed by atoms with van der Waals surface area (Å²) in [7, 11) is 0. The quantitative estimate of drug-likeness (QED) is 0.638. The fourth-order valence-electron chi connectivity index (χ4n) is 1.27. The molecule has 1 aromatic carbocycles. The van der Waals surface area contributed by atoms with E-state index in [-0.39, 0.29) is 12.0 Å². The summed E-state index contributed by atoms with van der Waals surface area (Å²) in [6.45, 7) is 6.28. The number of carbonyl (C=O) groups excluding carboxylic acids is 1. The van der Waals surface area contributed by atoms with Crippen molar-refractivity contribution >= 4 is 12.1 Å². The zero-order chi connectivity index (χ0) is 12.9. The van der Waals surface area contributed by atoms with Crippen molar-refractivity contribution in [3.63, 3.8) is 0 Å². The summed E-state index contributed by atoms with van der Waals surface area (Å²) in [5.74, 6) is -0.537. The summed E-state index contributed by atoms with van der Waals surface area (Å²) >= 11 is 0. The predicted octanol–water partition coefficient (Wildman–Crippen LogP) is 1.82. The third-order valence-electron chi connectivity index (χ3n) is 2.26. The highest BCUT2D eigenvalue weighted by molar-refractivity contribution is 5.79. The number of benzene rings is 1. The van der Waals surface area contributed by atoms with Crippen molar-refractivity contribution in [3.8, 4) is 0 Å². The zero-order valence-corrected chi connectivity index (χ0v) is 10.4. The van der Waals surface area contributed by atoms with Gasteiger partial charge >= 0.3 is 0 Å². The highest BCUT2D eigenvalue weighted by Gasteiger charge is 2.12. The summed E-state index contributed by atoms with van der Waals surface area (Å²) in [5.41, 5.74) is 7.21. The van der Waals surface area contributed by atoms with E-state index in [4.69, 9.17) is 10.6 Å². The first-order valence-corrected chi connectivity index (χ1v) is 5.44. The summed E-state index contributed by atoms with van der Waals surface area (Å²) in [4.78, 5) is 15.1. The first kappa shape index (κ1) is 13.2. The molecule has 0 aliphatic heterocycles. The molecular weight excluding hydrogens is 216 g/mol. The van der Waals surface area contributed by atoms with Gasteiger partial charge in [-0.25, -0.2) is 0 Å². The maximum Gasteiger partial charge on any atom is 0.258 e. The highest BCUT2D eigenvalue weighted by atomic mass is 16.6. The van der Waals surface area contributed by atoms with Gasteiger partial charge in [-0.1, -0.05) is 50.2 Å². The standard InChI is InChI=1S/C13H18N2O2/c1-13(2,3)11-6-4-10(5-7-11)8-15-17-9-12(14)16/h4-8H,9H2,1-3H3,(H2,14,16). The van der Waals surface area contributed by atoms with Crippen molar-refractivity contribution < 1.29 is 9.63 Å². The lowest BCUT2D eigenvalue weighted by atomic mass is 9.87. The molecule has 92 valence electrons. The van der Waals surface area contributed by atoms with Crippen LogP contribution in [0.25, 0.3) is 0 Å². The molecule has 1 aromatic rings. The van der Waals surface area contributed by atoms with Crippen LogP contribution < -0.4 is 5.73 Å². The summed E-state index contributed by atoms with van der Waals surface area (Å²) in [5, 5.41) is 3.65. The lowest BCUT2D eigenvalue weighted by molar-refractivity contribution is -0.122. The van der Waals surface area contributed by atoms with Crippen molar-refractivity contribution in [3.05, 3.63) is 35.4 Å². The number of nitrogens with zero attached hydrogens (tertiary/aromatic N) is 1. The Balaban J connectivity index is 2.60. The molecule has 0 spiro atoms. The maximum atomic E-state index is 10.4. The molecule has 4 heteroatoms. The number of primary amides is 1. The van der Waals surface area contributed by atoms with Crippen LogP contribution in [0, 0.1) is 0 Å². The van der Waals surface area contributed by atoms with Crippen LogP contribution in [0.4, 0.5) is 0 Å². The molecule has 0 aliphatic rings. The highest BCUT2D eigenvalue weighted by Crippen LogP contribution is 2.21. The van der Waals surface area contributed by atoms with Gasteiger partial charge < -0.3 is 10.6 Å². The van der Waals surface area contributed by atoms with E-state index in [1.807, 2.05) is 12.1 Å². The van der Waals surface area contributed by atoms with Gasteiger partial charge in [-0.05, 0) is 16.5 Å². The van der Waals surface area contributed by atoms with Crippen LogP contribution in [0.3, 0.4) is 0 Å². The van der Waals surface area contributed by atoms with E-state index in [0.717, 1.165) is 5.56 Å². The molecule has 1 amide bonds. The van der Waals surface area contributed by atoms with Crippen LogP contribution in [-0.4, -0.2) is 18.7 Å². The maximum absolute atomic E-state index is 10.4. The van der Waals surface area contributed by atoms with Crippen LogP contribution >= 0.6 is 0 Å². The number of oxime groups is 1. The Kier molecular flexibility index (Phi) is 4.26. The molecule has 4 nitrogen and oxygen atoms in total. The average Bonchev–Trinajstić information content (AvgIpc) is 2.23. The molecule has 0 saturated heterocycles. The van der Waals surface area contributed by atoms with Crippen molar-refractivity contribution in [1.29, 1.82) is 0 Å². The Morgan fingerprint density at radius 3 is 2.41 bits per heavy atom. The normalized spacial score (nSPS) is 11.7. The first-order valence-electron chi connectivity index (χ1n) is 5.44. The van der Waals surface area contributed by atoms with Gasteiger partial charge in [-0.2, -0.15) is 0 Å². The van der Waals surface area contributed by atoms with Gasteiger partial charge in [0.2, 0.25) is 0 Å². The fraction of sp³-hybridized carbons (Fsp3) is 0.385. The topological polar surface area (TPSA) is 64.7 Å². The van der Waals surface area contributed by atoms with Gasteiger partial charge in [0.15, 0.2) is 6.61 Å². The average molecular weight is 234 g/mol. The largest absolute Gasteiger partial charge is 0.386 e. The van der Waals surface area contributed by atoms with Crippen molar-refractivity contribution in [2.75, 3.05) is 6.61 Å². The third-order valence-corrected chi connectivity index (χ3v) is 2.26. The van der Waals surface area contributed by atoms with Gasteiger partial charge in [0, 0.05) is 0 Å². The van der Waals surface area contributed by atoms with Gasteiger partial charge in [-0.15, -0.1) is 0 Å². The summed E-state index contributed by atoms with van der Waals surface area (Å²) in [6.07, 6.45) is 1.55. The fourth-order valence-corrected chi connectivity index (χ4v) is 1.27. The van der Waals surface area contributed by atoms with Crippen LogP contribution in [0.5, 0.6) is 0 Å². The van der Waals surface area contributed by atoms with E-state index >= 15 is 0 Å². The third kappa shape index (κ3) is 4.68. The lowest BCUT2D eigenvalue weighted by Crippen LogP contribution is -2.16. The lowest BCUT2D eigenvalue weighted by Gasteiger charge is -2.18. The van der Waals surface area contributed by atoms with Gasteiger partial charge in [0.05, 0.1) is 6.21 Å². The number of nitrogens with two attached hydrogens (primary N) is 1. The molecular formula is C13H18N2O2. The SMILES string of the molecule is CC(C)(C)c1ccc(C=NOCC(N)=O)cc1. The molecule has 0 radical (unpaired) electrons. The molecule has 0 aromatic heterocycles. The predicted molar refractivity (Wildman–Crippen MR) is 67.9 cm³/mol. The number of amides is 1. The second kappa shape index (κ2) is 5.48. The van der Waals surface area contributed by atoms with E-state index in [1.54, 1.807) is 6.21 Å². The van der Waals surface area contributed by atoms with Gasteiger partial charge in [0.25, 0.3) is 5.91 Å².